The fourth-order valence-corrected chi connectivity index (χ4v) is 14.1. The second kappa shape index (κ2) is 10.7. The van der Waals surface area contributed by atoms with Crippen LogP contribution >= 0.6 is 139 Å². The Morgan fingerprint density at radius 2 is 0.653 bits per heavy atom. The zero-order valence-electron chi connectivity index (χ0n) is 23.7. The van der Waals surface area contributed by atoms with Gasteiger partial charge in [-0.15, -0.1) is 46.4 Å². The van der Waals surface area contributed by atoms with Crippen molar-refractivity contribution in [2.45, 2.75) is 34.6 Å². The lowest BCUT2D eigenvalue weighted by molar-refractivity contribution is -0.124. The summed E-state index contributed by atoms with van der Waals surface area (Å²) >= 11 is 79.0. The summed E-state index contributed by atoms with van der Waals surface area (Å²) < 4.78 is -4.04. The van der Waals surface area contributed by atoms with Crippen LogP contribution in [-0.4, -0.2) is 51.8 Å². The van der Waals surface area contributed by atoms with Crippen LogP contribution in [0.2, 0.25) is 0 Å². The average molecular weight is 904 g/mol. The summed E-state index contributed by atoms with van der Waals surface area (Å²) in [5.41, 5.74) is 2.18. The van der Waals surface area contributed by atoms with Gasteiger partial charge in [-0.1, -0.05) is 117 Å². The van der Waals surface area contributed by atoms with Gasteiger partial charge < -0.3 is 0 Å². The molecule has 2 aliphatic heterocycles. The fraction of sp³-hybridized carbons (Fsp3) is 0.355. The minimum atomic E-state index is -2.02. The van der Waals surface area contributed by atoms with E-state index in [1.54, 1.807) is 48.5 Å². The van der Waals surface area contributed by atoms with E-state index < -0.39 is 75.5 Å². The SMILES string of the molecule is O=C1[C@@H]2[C@@H](C(=O)N1c1ccc(Cc3ccc(N4C(=O)[C@@H]5[C@H](C4=O)[C@]4(Cl)C(Cl)=C(Cl)[C@]5(Cl)C4(Cl)Cl)cc3)cc1)[C@]1(Cl)C(Cl)=C(Cl)[C@]2(Cl)C1(Cl)Cl. The van der Waals surface area contributed by atoms with Crippen molar-refractivity contribution < 1.29 is 19.2 Å². The first kappa shape index (κ1) is 35.7. The summed E-state index contributed by atoms with van der Waals surface area (Å²) in [6, 6.07) is 13.4. The number of hydrogen-bond acceptors (Lipinski definition) is 4. The number of rotatable bonds is 4. The molecule has 256 valence electrons. The van der Waals surface area contributed by atoms with Gasteiger partial charge in [0.15, 0.2) is 8.67 Å². The second-order valence-electron chi connectivity index (χ2n) is 12.7. The summed E-state index contributed by atoms with van der Waals surface area (Å²) in [6.45, 7) is 0. The number of anilines is 2. The molecule has 2 saturated carbocycles. The van der Waals surface area contributed by atoms with Crippen molar-refractivity contribution in [3.63, 3.8) is 0 Å². The van der Waals surface area contributed by atoms with Gasteiger partial charge in [-0.3, -0.25) is 19.2 Å². The summed E-state index contributed by atoms with van der Waals surface area (Å²) in [5, 5.41) is -0.670. The number of carbonyl (C=O) groups is 4. The van der Waals surface area contributed by atoms with Gasteiger partial charge in [0.1, 0.15) is 19.5 Å². The molecule has 6 aliphatic rings. The molecule has 8 rings (SSSR count). The third-order valence-electron chi connectivity index (χ3n) is 10.6. The van der Waals surface area contributed by atoms with E-state index in [-0.39, 0.29) is 31.5 Å². The van der Waals surface area contributed by atoms with E-state index in [0.717, 1.165) is 20.9 Å². The Morgan fingerprint density at radius 3 is 0.878 bits per heavy atom. The lowest BCUT2D eigenvalue weighted by Gasteiger charge is -2.34. The number of alkyl halides is 8. The van der Waals surface area contributed by atoms with Gasteiger partial charge in [-0.05, 0) is 41.8 Å². The first-order chi connectivity index (χ1) is 22.7. The van der Waals surface area contributed by atoms with Gasteiger partial charge >= 0.3 is 0 Å². The van der Waals surface area contributed by atoms with E-state index in [9.17, 15) is 19.2 Å². The van der Waals surface area contributed by atoms with Crippen molar-refractivity contribution in [3.05, 3.63) is 79.8 Å². The van der Waals surface area contributed by atoms with Crippen molar-refractivity contribution in [1.82, 2.24) is 0 Å². The van der Waals surface area contributed by atoms with Crippen LogP contribution in [0.3, 0.4) is 0 Å². The third-order valence-corrected chi connectivity index (χ3v) is 19.1. The molecular formula is C31H14Cl12N2O4. The number of carbonyl (C=O) groups excluding carboxylic acids is 4. The summed E-state index contributed by atoms with van der Waals surface area (Å²) in [4.78, 5) is 49.0. The lowest BCUT2D eigenvalue weighted by Crippen LogP contribution is -2.50. The van der Waals surface area contributed by atoms with Gasteiger partial charge in [0, 0.05) is 0 Å². The highest BCUT2D eigenvalue weighted by atomic mass is 35.5. The van der Waals surface area contributed by atoms with E-state index in [0.29, 0.717) is 6.42 Å². The lowest BCUT2D eigenvalue weighted by atomic mass is 9.84. The topological polar surface area (TPSA) is 74.8 Å². The molecule has 0 unspecified atom stereocenters. The summed E-state index contributed by atoms with van der Waals surface area (Å²) in [7, 11) is 0. The molecule has 0 spiro atoms. The molecule has 4 fully saturated rings. The van der Waals surface area contributed by atoms with Crippen LogP contribution in [0, 0.1) is 23.7 Å². The molecule has 2 aromatic carbocycles. The molecule has 0 radical (unpaired) electrons. The minimum Gasteiger partial charge on any atom is -0.274 e. The molecule has 0 aromatic heterocycles. The Bertz CT molecular complexity index is 1800. The van der Waals surface area contributed by atoms with E-state index in [1.807, 2.05) is 0 Å². The first-order valence-corrected chi connectivity index (χ1v) is 18.8. The molecule has 2 heterocycles. The van der Waals surface area contributed by atoms with Crippen LogP contribution < -0.4 is 9.80 Å². The molecule has 2 aromatic rings. The number of fused-ring (bicyclic) bond motifs is 10. The number of allylic oxidation sites excluding steroid dienone is 4. The quantitative estimate of drug-likeness (QED) is 0.227. The molecule has 0 N–H and O–H groups in total. The Kier molecular flexibility index (Phi) is 7.77. The van der Waals surface area contributed by atoms with Crippen LogP contribution in [0.5, 0.6) is 0 Å². The Hall–Kier alpha value is -0.320. The predicted octanol–water partition coefficient (Wildman–Crippen LogP) is 9.18. The minimum absolute atomic E-state index is 0.167. The largest absolute Gasteiger partial charge is 0.274 e. The predicted molar refractivity (Wildman–Crippen MR) is 195 cm³/mol. The van der Waals surface area contributed by atoms with Crippen molar-refractivity contribution in [3.8, 4) is 0 Å². The Balaban J connectivity index is 1.01. The van der Waals surface area contributed by atoms with E-state index in [1.165, 1.54) is 0 Å². The first-order valence-electron chi connectivity index (χ1n) is 14.3. The molecule has 49 heavy (non-hydrogen) atoms. The summed E-state index contributed by atoms with van der Waals surface area (Å²) in [5.74, 6) is -7.60. The van der Waals surface area contributed by atoms with Crippen LogP contribution in [0.1, 0.15) is 11.1 Å². The highest BCUT2D eigenvalue weighted by molar-refractivity contribution is 6.68. The van der Waals surface area contributed by atoms with Crippen LogP contribution in [-0.2, 0) is 25.6 Å². The zero-order valence-corrected chi connectivity index (χ0v) is 32.8. The third kappa shape index (κ3) is 3.71. The fourth-order valence-electron chi connectivity index (χ4n) is 8.26. The molecule has 6 nitrogen and oxygen atoms in total. The van der Waals surface area contributed by atoms with Crippen molar-refractivity contribution in [2.75, 3.05) is 9.80 Å². The Morgan fingerprint density at radius 1 is 0.429 bits per heavy atom. The highest BCUT2D eigenvalue weighted by Crippen LogP contribution is 2.79. The van der Waals surface area contributed by atoms with E-state index in [4.69, 9.17) is 139 Å². The standard InChI is InChI=1S/C31H14Cl12N2O4/c32-18-19(33)27(37)15-14(26(18,36)30(27,40)41)22(46)44(23(15)47)12-5-1-10(2-6-12)9-11-3-7-13(8-4-11)45-24(48)16-17(25(45)49)29(39)21(35)20(34)28(16,38)31(29,42)43/h1-8,14-17H,9H2/t14-,15-,16-,17+,26-,27-,28-,29-/m0/s1. The van der Waals surface area contributed by atoms with Gasteiger partial charge in [0.25, 0.3) is 0 Å². The van der Waals surface area contributed by atoms with Crippen molar-refractivity contribution in [1.29, 1.82) is 0 Å². The maximum Gasteiger partial charge on any atom is 0.240 e. The second-order valence-corrected chi connectivity index (χ2v) is 19.2. The monoisotopic (exact) mass is 898 g/mol. The maximum absolute atomic E-state index is 13.7. The van der Waals surface area contributed by atoms with E-state index in [2.05, 4.69) is 0 Å². The molecule has 8 atom stereocenters. The number of benzene rings is 2. The Labute approximate surface area is 338 Å². The molecular weight excluding hydrogens is 890 g/mol. The number of halogens is 12. The van der Waals surface area contributed by atoms with Crippen molar-refractivity contribution in [2.24, 2.45) is 23.7 Å². The number of amides is 4. The number of imide groups is 2. The normalized spacial score (nSPS) is 39.7. The molecule has 4 amide bonds. The maximum atomic E-state index is 13.7. The van der Waals surface area contributed by atoms with Crippen LogP contribution in [0.4, 0.5) is 11.4 Å². The molecule has 2 saturated heterocycles. The number of nitrogens with zero attached hydrogens (tertiary/aromatic N) is 2. The highest BCUT2D eigenvalue weighted by Gasteiger charge is 2.89. The molecule has 4 aliphatic carbocycles. The van der Waals surface area contributed by atoms with Gasteiger partial charge in [0.2, 0.25) is 23.6 Å². The summed E-state index contributed by atoms with van der Waals surface area (Å²) in [6.07, 6.45) is 0.415. The van der Waals surface area contributed by atoms with Crippen LogP contribution in [0.25, 0.3) is 0 Å². The van der Waals surface area contributed by atoms with Gasteiger partial charge in [-0.25, -0.2) is 9.80 Å². The number of hydrogen-bond donors (Lipinski definition) is 0. The zero-order chi connectivity index (χ0) is 35.8. The van der Waals surface area contributed by atoms with Crippen molar-refractivity contribution >= 4 is 174 Å². The average Bonchev–Trinajstić information content (AvgIpc) is 3.64. The van der Waals surface area contributed by atoms with Gasteiger partial charge in [-0.2, -0.15) is 0 Å². The molecule has 18 heteroatoms. The van der Waals surface area contributed by atoms with Crippen LogP contribution in [0.15, 0.2) is 68.7 Å². The smallest absolute Gasteiger partial charge is 0.240 e. The van der Waals surface area contributed by atoms with E-state index >= 15 is 0 Å². The molecule has 4 bridgehead atoms. The van der Waals surface area contributed by atoms with Gasteiger partial charge in [0.05, 0.1) is 55.2 Å².